The molecule has 0 saturated carbocycles. The lowest BCUT2D eigenvalue weighted by molar-refractivity contribution is 0.100. The van der Waals surface area contributed by atoms with Gasteiger partial charge in [-0.05, 0) is 39.0 Å². The van der Waals surface area contributed by atoms with Crippen molar-refractivity contribution in [1.82, 2.24) is 9.55 Å². The van der Waals surface area contributed by atoms with E-state index in [1.54, 1.807) is 0 Å². The van der Waals surface area contributed by atoms with Gasteiger partial charge in [-0.25, -0.2) is 4.98 Å². The molecule has 0 fully saturated rings. The van der Waals surface area contributed by atoms with Crippen LogP contribution < -0.4 is 5.73 Å². The normalized spacial score (nSPS) is 11.4. The van der Waals surface area contributed by atoms with Crippen molar-refractivity contribution >= 4 is 16.8 Å². The molecule has 1 heterocycles. The zero-order chi connectivity index (χ0) is 12.6. The van der Waals surface area contributed by atoms with Gasteiger partial charge in [-0.3, -0.25) is 4.79 Å². The second-order valence-corrected chi connectivity index (χ2v) is 4.45. The smallest absolute Gasteiger partial charge is 0.176 e. The highest BCUT2D eigenvalue weighted by molar-refractivity contribution is 6.00. The van der Waals surface area contributed by atoms with E-state index in [4.69, 9.17) is 5.73 Å². The molecule has 2 rings (SSSR count). The fourth-order valence-electron chi connectivity index (χ4n) is 2.16. The van der Waals surface area contributed by atoms with Gasteiger partial charge in [0.05, 0.1) is 17.6 Å². The van der Waals surface area contributed by atoms with Crippen LogP contribution in [0, 0.1) is 6.92 Å². The number of hydrogen-bond donors (Lipinski definition) is 1. The van der Waals surface area contributed by atoms with Crippen LogP contribution in [0.4, 0.5) is 0 Å². The Labute approximate surface area is 100 Å². The Balaban J connectivity index is 2.61. The largest absolute Gasteiger partial charge is 0.326 e. The van der Waals surface area contributed by atoms with Gasteiger partial charge in [0.25, 0.3) is 0 Å². The molecule has 4 nitrogen and oxygen atoms in total. The molecule has 1 aromatic carbocycles. The third-order valence-corrected chi connectivity index (χ3v) is 2.89. The second-order valence-electron chi connectivity index (χ2n) is 4.45. The van der Waals surface area contributed by atoms with Crippen LogP contribution in [0.1, 0.15) is 36.1 Å². The average molecular weight is 231 g/mol. The van der Waals surface area contributed by atoms with Crippen molar-refractivity contribution in [3.8, 4) is 0 Å². The minimum Gasteiger partial charge on any atom is -0.326 e. The first kappa shape index (κ1) is 11.8. The quantitative estimate of drug-likeness (QED) is 0.822. The summed E-state index contributed by atoms with van der Waals surface area (Å²) < 4.78 is 2.16. The zero-order valence-electron chi connectivity index (χ0n) is 10.4. The average Bonchev–Trinajstić information content (AvgIpc) is 2.62. The van der Waals surface area contributed by atoms with E-state index in [0.717, 1.165) is 16.9 Å². The third kappa shape index (κ3) is 1.96. The lowest BCUT2D eigenvalue weighted by Gasteiger charge is -2.10. The highest BCUT2D eigenvalue weighted by atomic mass is 16.1. The van der Waals surface area contributed by atoms with Gasteiger partial charge in [0.2, 0.25) is 0 Å². The van der Waals surface area contributed by atoms with Crippen LogP contribution in [0.3, 0.4) is 0 Å². The maximum atomic E-state index is 11.5. The molecule has 2 N–H and O–H groups in total. The molecule has 4 heteroatoms. The highest BCUT2D eigenvalue weighted by Crippen LogP contribution is 2.21. The molecular formula is C13H17N3O. The summed E-state index contributed by atoms with van der Waals surface area (Å²) in [5.74, 6) is 0.913. The number of hydrogen-bond acceptors (Lipinski definition) is 3. The first-order valence-electron chi connectivity index (χ1n) is 5.76. The van der Waals surface area contributed by atoms with Crippen molar-refractivity contribution in [1.29, 1.82) is 0 Å². The molecule has 0 aliphatic heterocycles. The number of benzene rings is 1. The van der Waals surface area contributed by atoms with Crippen LogP contribution in [-0.4, -0.2) is 21.9 Å². The van der Waals surface area contributed by atoms with Crippen molar-refractivity contribution in [2.75, 3.05) is 6.54 Å². The summed E-state index contributed by atoms with van der Waals surface area (Å²) >= 11 is 0. The molecule has 0 atom stereocenters. The van der Waals surface area contributed by atoms with Crippen molar-refractivity contribution in [3.63, 3.8) is 0 Å². The summed E-state index contributed by atoms with van der Waals surface area (Å²) in [4.78, 5) is 16.0. The summed E-state index contributed by atoms with van der Waals surface area (Å²) in [5, 5.41) is 0. The van der Waals surface area contributed by atoms with Crippen molar-refractivity contribution in [3.05, 3.63) is 29.6 Å². The van der Waals surface area contributed by atoms with Crippen LogP contribution in [0.2, 0.25) is 0 Å². The molecule has 0 radical (unpaired) electrons. The summed E-state index contributed by atoms with van der Waals surface area (Å²) in [6, 6.07) is 5.93. The topological polar surface area (TPSA) is 60.9 Å². The summed E-state index contributed by atoms with van der Waals surface area (Å²) in [6.07, 6.45) is 0. The first-order chi connectivity index (χ1) is 8.04. The number of carbonyl (C=O) groups excluding carboxylic acids is 1. The van der Waals surface area contributed by atoms with E-state index in [9.17, 15) is 4.79 Å². The predicted octanol–water partition coefficient (Wildman–Crippen LogP) is 2.07. The molecule has 0 saturated heterocycles. The summed E-state index contributed by atoms with van der Waals surface area (Å²) in [7, 11) is 0. The van der Waals surface area contributed by atoms with Gasteiger partial charge >= 0.3 is 0 Å². The van der Waals surface area contributed by atoms with Crippen LogP contribution >= 0.6 is 0 Å². The van der Waals surface area contributed by atoms with E-state index in [2.05, 4.69) is 23.4 Å². The van der Waals surface area contributed by atoms with Crippen LogP contribution in [0.25, 0.3) is 11.0 Å². The van der Waals surface area contributed by atoms with E-state index < -0.39 is 0 Å². The number of nitrogens with zero attached hydrogens (tertiary/aromatic N) is 2. The van der Waals surface area contributed by atoms with Crippen molar-refractivity contribution in [2.24, 2.45) is 5.73 Å². The number of aromatic nitrogens is 2. The van der Waals surface area contributed by atoms with E-state index in [0.29, 0.717) is 11.6 Å². The number of imidazole rings is 1. The predicted molar refractivity (Wildman–Crippen MR) is 68.2 cm³/mol. The fraction of sp³-hybridized carbons (Fsp3) is 0.385. The molecule has 17 heavy (non-hydrogen) atoms. The van der Waals surface area contributed by atoms with Gasteiger partial charge in [0.1, 0.15) is 5.82 Å². The van der Waals surface area contributed by atoms with Crippen molar-refractivity contribution < 1.29 is 4.79 Å². The minimum absolute atomic E-state index is 0.0371. The number of aryl methyl sites for hydroxylation is 1. The Morgan fingerprint density at radius 1 is 1.47 bits per heavy atom. The lowest BCUT2D eigenvalue weighted by Crippen LogP contribution is -2.13. The maximum absolute atomic E-state index is 11.5. The fourth-order valence-corrected chi connectivity index (χ4v) is 2.16. The van der Waals surface area contributed by atoms with Crippen LogP contribution in [0.5, 0.6) is 0 Å². The van der Waals surface area contributed by atoms with Gasteiger partial charge < -0.3 is 10.3 Å². The zero-order valence-corrected chi connectivity index (χ0v) is 10.4. The van der Waals surface area contributed by atoms with E-state index in [-0.39, 0.29) is 12.3 Å². The van der Waals surface area contributed by atoms with E-state index in [1.165, 1.54) is 0 Å². The molecule has 1 aromatic heterocycles. The van der Waals surface area contributed by atoms with Gasteiger partial charge in [-0.1, -0.05) is 0 Å². The van der Waals surface area contributed by atoms with E-state index in [1.807, 2.05) is 25.1 Å². The number of nitrogens with two attached hydrogens (primary N) is 1. The Kier molecular flexibility index (Phi) is 2.98. The van der Waals surface area contributed by atoms with Gasteiger partial charge in [0, 0.05) is 11.6 Å². The summed E-state index contributed by atoms with van der Waals surface area (Å²) in [6.45, 7) is 6.25. The van der Waals surface area contributed by atoms with Gasteiger partial charge in [0.15, 0.2) is 5.78 Å². The molecule has 2 aromatic rings. The molecule has 0 aliphatic carbocycles. The van der Waals surface area contributed by atoms with Crippen LogP contribution in [0.15, 0.2) is 18.2 Å². The standard InChI is InChI=1S/C13H17N3O/c1-8(2)16-9(3)15-11-6-10(13(17)7-14)4-5-12(11)16/h4-6,8H,7,14H2,1-3H3. The second kappa shape index (κ2) is 4.30. The third-order valence-electron chi connectivity index (χ3n) is 2.89. The number of Topliss-reactive ketones (excluding diaryl/α,β-unsaturated/α-hetero) is 1. The number of carbonyl (C=O) groups is 1. The van der Waals surface area contributed by atoms with Crippen molar-refractivity contribution in [2.45, 2.75) is 26.8 Å². The SMILES string of the molecule is Cc1nc2cc(C(=O)CN)ccc2n1C(C)C. The molecule has 0 unspecified atom stereocenters. The Bertz CT molecular complexity index is 569. The van der Waals surface area contributed by atoms with Gasteiger partial charge in [-0.2, -0.15) is 0 Å². The maximum Gasteiger partial charge on any atom is 0.176 e. The number of ketones is 1. The Hall–Kier alpha value is -1.68. The number of rotatable bonds is 3. The first-order valence-corrected chi connectivity index (χ1v) is 5.76. The van der Waals surface area contributed by atoms with Gasteiger partial charge in [-0.15, -0.1) is 0 Å². The summed E-state index contributed by atoms with van der Waals surface area (Å²) in [5.41, 5.74) is 7.91. The molecule has 90 valence electrons. The van der Waals surface area contributed by atoms with E-state index >= 15 is 0 Å². The monoisotopic (exact) mass is 231 g/mol. The minimum atomic E-state index is -0.0522. The van der Waals surface area contributed by atoms with Crippen LogP contribution in [-0.2, 0) is 0 Å². The molecule has 0 amide bonds. The lowest BCUT2D eigenvalue weighted by atomic mass is 10.1. The molecule has 0 aliphatic rings. The number of fused-ring (bicyclic) bond motifs is 1. The molecule has 0 spiro atoms. The molecule has 0 bridgehead atoms. The molecular weight excluding hydrogens is 214 g/mol. The highest BCUT2D eigenvalue weighted by Gasteiger charge is 2.12. The Morgan fingerprint density at radius 2 is 2.18 bits per heavy atom. The Morgan fingerprint density at radius 3 is 2.76 bits per heavy atom.